The zero-order valence-electron chi connectivity index (χ0n) is 13.9. The van der Waals surface area contributed by atoms with E-state index in [1.54, 1.807) is 4.90 Å². The number of benzene rings is 2. The Hall–Kier alpha value is -2.66. The van der Waals surface area contributed by atoms with Gasteiger partial charge in [0.25, 0.3) is 5.91 Å². The summed E-state index contributed by atoms with van der Waals surface area (Å²) in [6, 6.07) is 17.7. The molecule has 5 heteroatoms. The van der Waals surface area contributed by atoms with Crippen LogP contribution in [-0.4, -0.2) is 26.9 Å². The fourth-order valence-electron chi connectivity index (χ4n) is 3.45. The Labute approximate surface area is 151 Å². The highest BCUT2D eigenvalue weighted by Gasteiger charge is 2.38. The van der Waals surface area contributed by atoms with Gasteiger partial charge in [0, 0.05) is 23.5 Å². The summed E-state index contributed by atoms with van der Waals surface area (Å²) in [7, 11) is 0. The van der Waals surface area contributed by atoms with Crippen LogP contribution < -0.4 is 5.32 Å². The predicted molar refractivity (Wildman–Crippen MR) is 103 cm³/mol. The van der Waals surface area contributed by atoms with Crippen molar-refractivity contribution in [1.29, 1.82) is 0 Å². The van der Waals surface area contributed by atoms with Crippen molar-refractivity contribution in [3.8, 4) is 0 Å². The molecule has 1 amide bonds. The second-order valence-corrected chi connectivity index (χ2v) is 6.75. The molecule has 4 rings (SSSR count). The van der Waals surface area contributed by atoms with E-state index in [-0.39, 0.29) is 18.0 Å². The predicted octanol–water partition coefficient (Wildman–Crippen LogP) is 3.56. The zero-order chi connectivity index (χ0) is 17.4. The van der Waals surface area contributed by atoms with Crippen molar-refractivity contribution in [3.05, 3.63) is 71.9 Å². The summed E-state index contributed by atoms with van der Waals surface area (Å²) in [6.45, 7) is 2.01. The Morgan fingerprint density at radius 1 is 1.12 bits per heavy atom. The number of aromatic amines is 1. The molecule has 0 unspecified atom stereocenters. The Bertz CT molecular complexity index is 934. The van der Waals surface area contributed by atoms with Gasteiger partial charge in [0.2, 0.25) is 0 Å². The van der Waals surface area contributed by atoms with Crippen molar-refractivity contribution in [3.63, 3.8) is 0 Å². The molecule has 2 aromatic carbocycles. The molecule has 0 radical (unpaired) electrons. The van der Waals surface area contributed by atoms with Crippen LogP contribution in [0.5, 0.6) is 0 Å². The van der Waals surface area contributed by atoms with E-state index >= 15 is 0 Å². The maximum absolute atomic E-state index is 13.0. The second-order valence-electron chi connectivity index (χ2n) is 6.36. The lowest BCUT2D eigenvalue weighted by atomic mass is 10.0. The van der Waals surface area contributed by atoms with E-state index < -0.39 is 0 Å². The van der Waals surface area contributed by atoms with E-state index in [1.807, 2.05) is 61.7 Å². The van der Waals surface area contributed by atoms with Crippen LogP contribution in [0.3, 0.4) is 0 Å². The first kappa shape index (κ1) is 15.8. The van der Waals surface area contributed by atoms with Gasteiger partial charge in [-0.1, -0.05) is 48.5 Å². The smallest absolute Gasteiger partial charge is 0.252 e. The number of carbonyl (C=O) groups excluding carboxylic acids is 1. The fraction of sp³-hybridized carbons (Fsp3) is 0.200. The Balaban J connectivity index is 1.57. The highest BCUT2D eigenvalue weighted by atomic mass is 32.1. The molecule has 2 heterocycles. The minimum atomic E-state index is -0.321. The third-order valence-electron chi connectivity index (χ3n) is 4.82. The average molecular weight is 349 g/mol. The van der Waals surface area contributed by atoms with Gasteiger partial charge >= 0.3 is 0 Å². The number of nitrogens with zero attached hydrogens (tertiary/aromatic N) is 1. The lowest BCUT2D eigenvalue weighted by Gasteiger charge is -2.23. The highest BCUT2D eigenvalue weighted by molar-refractivity contribution is 7.80. The summed E-state index contributed by atoms with van der Waals surface area (Å²) < 4.78 is 0. The molecule has 1 aliphatic heterocycles. The number of hydrogen-bond acceptors (Lipinski definition) is 2. The standard InChI is InChI=1S/C20H19N3OS/c1-13(14-7-3-2-4-8-14)23-19(24)18(22-20(23)25)11-15-12-21-17-10-6-5-9-16(15)17/h2-10,12-13,18,21H,11H2,1H3,(H,22,25)/t13-,18-/m1/s1. The van der Waals surface area contributed by atoms with Crippen molar-refractivity contribution < 1.29 is 4.79 Å². The largest absolute Gasteiger partial charge is 0.361 e. The van der Waals surface area contributed by atoms with Gasteiger partial charge in [-0.25, -0.2) is 0 Å². The van der Waals surface area contributed by atoms with Gasteiger partial charge in [0.1, 0.15) is 6.04 Å². The quantitative estimate of drug-likeness (QED) is 0.708. The van der Waals surface area contributed by atoms with Gasteiger partial charge in [-0.05, 0) is 36.3 Å². The number of fused-ring (bicyclic) bond motifs is 1. The third-order valence-corrected chi connectivity index (χ3v) is 5.13. The monoisotopic (exact) mass is 349 g/mol. The van der Waals surface area contributed by atoms with E-state index in [0.717, 1.165) is 22.0 Å². The number of nitrogens with one attached hydrogen (secondary N) is 2. The van der Waals surface area contributed by atoms with Gasteiger partial charge in [0.15, 0.2) is 5.11 Å². The molecule has 126 valence electrons. The first-order chi connectivity index (χ1) is 12.1. The number of thiocarbonyl (C=S) groups is 1. The molecule has 1 aromatic heterocycles. The highest BCUT2D eigenvalue weighted by Crippen LogP contribution is 2.26. The number of rotatable bonds is 4. The van der Waals surface area contributed by atoms with Crippen LogP contribution >= 0.6 is 12.2 Å². The molecule has 1 aliphatic rings. The summed E-state index contributed by atoms with van der Waals surface area (Å²) in [5, 5.41) is 4.86. The van der Waals surface area contributed by atoms with Crippen LogP contribution in [-0.2, 0) is 11.2 Å². The van der Waals surface area contributed by atoms with Crippen molar-refractivity contribution in [2.24, 2.45) is 0 Å². The van der Waals surface area contributed by atoms with Crippen molar-refractivity contribution in [1.82, 2.24) is 15.2 Å². The lowest BCUT2D eigenvalue weighted by Crippen LogP contribution is -2.34. The normalized spacial score (nSPS) is 18.6. The number of para-hydroxylation sites is 1. The molecular formula is C20H19N3OS. The number of aromatic nitrogens is 1. The summed E-state index contributed by atoms with van der Waals surface area (Å²) in [6.07, 6.45) is 2.59. The molecule has 3 aromatic rings. The summed E-state index contributed by atoms with van der Waals surface area (Å²) in [5.74, 6) is 0.0339. The SMILES string of the molecule is C[C@H](c1ccccc1)N1C(=O)[C@@H](Cc2c[nH]c3ccccc23)NC1=S. The van der Waals surface area contributed by atoms with Gasteiger partial charge in [-0.3, -0.25) is 9.69 Å². The molecule has 25 heavy (non-hydrogen) atoms. The number of amides is 1. The summed E-state index contributed by atoms with van der Waals surface area (Å²) >= 11 is 5.45. The fourth-order valence-corrected chi connectivity index (χ4v) is 3.84. The lowest BCUT2D eigenvalue weighted by molar-refractivity contribution is -0.128. The summed E-state index contributed by atoms with van der Waals surface area (Å²) in [5.41, 5.74) is 3.28. The van der Waals surface area contributed by atoms with E-state index in [1.165, 1.54) is 0 Å². The maximum Gasteiger partial charge on any atom is 0.252 e. The second kappa shape index (κ2) is 6.33. The molecule has 1 saturated heterocycles. The first-order valence-corrected chi connectivity index (χ1v) is 8.79. The van der Waals surface area contributed by atoms with Gasteiger partial charge in [-0.2, -0.15) is 0 Å². The van der Waals surface area contributed by atoms with Crippen LogP contribution in [0.4, 0.5) is 0 Å². The van der Waals surface area contributed by atoms with Crippen LogP contribution in [0, 0.1) is 0 Å². The number of H-pyrrole nitrogens is 1. The Morgan fingerprint density at radius 3 is 2.64 bits per heavy atom. The molecule has 4 nitrogen and oxygen atoms in total. The molecule has 1 fully saturated rings. The maximum atomic E-state index is 13.0. The molecule has 0 saturated carbocycles. The molecule has 2 N–H and O–H groups in total. The molecule has 0 aliphatic carbocycles. The van der Waals surface area contributed by atoms with Gasteiger partial charge < -0.3 is 10.3 Å². The van der Waals surface area contributed by atoms with Crippen LogP contribution in [0.15, 0.2) is 60.8 Å². The molecule has 2 atom stereocenters. The van der Waals surface area contributed by atoms with E-state index in [4.69, 9.17) is 12.2 Å². The number of carbonyl (C=O) groups is 1. The zero-order valence-corrected chi connectivity index (χ0v) is 14.7. The van der Waals surface area contributed by atoms with E-state index in [2.05, 4.69) is 16.4 Å². The number of hydrogen-bond donors (Lipinski definition) is 2. The topological polar surface area (TPSA) is 48.1 Å². The van der Waals surface area contributed by atoms with E-state index in [9.17, 15) is 4.79 Å². The average Bonchev–Trinajstić information content (AvgIpc) is 3.17. The Morgan fingerprint density at radius 2 is 1.84 bits per heavy atom. The molecule has 0 bridgehead atoms. The van der Waals surface area contributed by atoms with Crippen molar-refractivity contribution in [2.75, 3.05) is 0 Å². The minimum Gasteiger partial charge on any atom is -0.361 e. The van der Waals surface area contributed by atoms with Crippen LogP contribution in [0.2, 0.25) is 0 Å². The van der Waals surface area contributed by atoms with Crippen LogP contribution in [0.1, 0.15) is 24.1 Å². The van der Waals surface area contributed by atoms with Crippen molar-refractivity contribution >= 4 is 34.1 Å². The van der Waals surface area contributed by atoms with E-state index in [0.29, 0.717) is 11.5 Å². The minimum absolute atomic E-state index is 0.0339. The van der Waals surface area contributed by atoms with Crippen molar-refractivity contribution in [2.45, 2.75) is 25.4 Å². The van der Waals surface area contributed by atoms with Gasteiger partial charge in [-0.15, -0.1) is 0 Å². The van der Waals surface area contributed by atoms with Crippen LogP contribution in [0.25, 0.3) is 10.9 Å². The Kier molecular flexibility index (Phi) is 4.01. The van der Waals surface area contributed by atoms with Gasteiger partial charge in [0.05, 0.1) is 6.04 Å². The molecule has 0 spiro atoms. The first-order valence-electron chi connectivity index (χ1n) is 8.38. The third kappa shape index (κ3) is 2.81. The molecular weight excluding hydrogens is 330 g/mol. The summed E-state index contributed by atoms with van der Waals surface area (Å²) in [4.78, 5) is 17.9.